The molecule has 1 N–H and O–H groups in total. The monoisotopic (exact) mass is 412 g/mol. The molecule has 0 radical (unpaired) electrons. The minimum absolute atomic E-state index is 0.114. The summed E-state index contributed by atoms with van der Waals surface area (Å²) in [6, 6.07) is 21.3. The lowest BCUT2D eigenvalue weighted by atomic mass is 10.1. The van der Waals surface area contributed by atoms with Gasteiger partial charge in [-0.3, -0.25) is 9.78 Å². The zero-order valence-corrected chi connectivity index (χ0v) is 16.6. The number of nitrogens with zero attached hydrogens (tertiary/aromatic N) is 5. The number of hydrogen-bond donors (Lipinski definition) is 1. The van der Waals surface area contributed by atoms with Gasteiger partial charge in [0.2, 0.25) is 11.1 Å². The van der Waals surface area contributed by atoms with Crippen molar-refractivity contribution in [2.75, 3.05) is 11.1 Å². The first-order valence-corrected chi connectivity index (χ1v) is 10.3. The van der Waals surface area contributed by atoms with Crippen LogP contribution in [0.2, 0.25) is 0 Å². The molecule has 5 rings (SSSR count). The molecule has 0 aliphatic heterocycles. The first-order chi connectivity index (χ1) is 14.8. The Morgan fingerprint density at radius 3 is 2.77 bits per heavy atom. The van der Waals surface area contributed by atoms with E-state index >= 15 is 0 Å². The van der Waals surface area contributed by atoms with E-state index in [-0.39, 0.29) is 11.7 Å². The minimum atomic E-state index is -0.114. The average Bonchev–Trinajstić information content (AvgIpc) is 3.21. The number of hydrogen-bond acceptors (Lipinski definition) is 6. The van der Waals surface area contributed by atoms with Crippen molar-refractivity contribution < 1.29 is 4.79 Å². The Labute approximate surface area is 176 Å². The van der Waals surface area contributed by atoms with Crippen molar-refractivity contribution in [3.8, 4) is 11.3 Å². The van der Waals surface area contributed by atoms with Gasteiger partial charge in [0.25, 0.3) is 0 Å². The first-order valence-electron chi connectivity index (χ1n) is 9.31. The lowest BCUT2D eigenvalue weighted by molar-refractivity contribution is -0.113. The Balaban J connectivity index is 1.34. The number of anilines is 1. The Kier molecular flexibility index (Phi) is 4.82. The van der Waals surface area contributed by atoms with E-state index in [1.54, 1.807) is 16.9 Å². The van der Waals surface area contributed by atoms with Gasteiger partial charge in [0.15, 0.2) is 5.65 Å². The average molecular weight is 412 g/mol. The van der Waals surface area contributed by atoms with E-state index in [1.807, 2.05) is 66.7 Å². The van der Waals surface area contributed by atoms with Crippen LogP contribution in [0.1, 0.15) is 0 Å². The largest absolute Gasteiger partial charge is 0.325 e. The zero-order chi connectivity index (χ0) is 20.3. The van der Waals surface area contributed by atoms with Crippen molar-refractivity contribution in [2.45, 2.75) is 5.16 Å². The minimum Gasteiger partial charge on any atom is -0.325 e. The highest BCUT2D eigenvalue weighted by Gasteiger charge is 2.12. The van der Waals surface area contributed by atoms with Crippen LogP contribution < -0.4 is 5.32 Å². The van der Waals surface area contributed by atoms with Crippen LogP contribution in [0.3, 0.4) is 0 Å². The summed E-state index contributed by atoms with van der Waals surface area (Å²) < 4.78 is 1.65. The van der Waals surface area contributed by atoms with E-state index in [2.05, 4.69) is 25.6 Å². The van der Waals surface area contributed by atoms with E-state index in [4.69, 9.17) is 0 Å². The number of benzene rings is 2. The highest BCUT2D eigenvalue weighted by Crippen LogP contribution is 2.24. The Hall–Kier alpha value is -3.78. The third kappa shape index (κ3) is 3.60. The SMILES string of the molecule is O=C(CSc1nnc2ccc(-c3cccnc3)nn12)Nc1cccc2ccccc12. The Morgan fingerprint density at radius 2 is 1.87 bits per heavy atom. The number of amides is 1. The quantitative estimate of drug-likeness (QED) is 0.438. The van der Waals surface area contributed by atoms with Gasteiger partial charge in [-0.1, -0.05) is 48.2 Å². The van der Waals surface area contributed by atoms with Crippen LogP contribution in [-0.4, -0.2) is 36.5 Å². The van der Waals surface area contributed by atoms with Gasteiger partial charge in [-0.25, -0.2) is 0 Å². The number of pyridine rings is 1. The lowest BCUT2D eigenvalue weighted by Gasteiger charge is -2.08. The molecule has 146 valence electrons. The van der Waals surface area contributed by atoms with Gasteiger partial charge in [0.1, 0.15) is 0 Å². The van der Waals surface area contributed by atoms with Crippen LogP contribution in [0.4, 0.5) is 5.69 Å². The van der Waals surface area contributed by atoms with Gasteiger partial charge in [0, 0.05) is 29.0 Å². The first kappa shape index (κ1) is 18.3. The molecular formula is C22H16N6OS. The summed E-state index contributed by atoms with van der Waals surface area (Å²) in [5.41, 5.74) is 3.08. The smallest absolute Gasteiger partial charge is 0.234 e. The summed E-state index contributed by atoms with van der Waals surface area (Å²) in [6.07, 6.45) is 3.47. The maximum Gasteiger partial charge on any atom is 0.234 e. The number of rotatable bonds is 5. The van der Waals surface area contributed by atoms with Crippen molar-refractivity contribution in [3.05, 3.63) is 79.1 Å². The molecule has 1 amide bonds. The molecule has 0 aliphatic rings. The van der Waals surface area contributed by atoms with Gasteiger partial charge in [0.05, 0.1) is 11.4 Å². The molecule has 0 fully saturated rings. The summed E-state index contributed by atoms with van der Waals surface area (Å²) in [7, 11) is 0. The molecule has 5 aromatic rings. The molecule has 0 bridgehead atoms. The van der Waals surface area contributed by atoms with Crippen LogP contribution in [-0.2, 0) is 4.79 Å². The number of thioether (sulfide) groups is 1. The Bertz CT molecular complexity index is 1350. The van der Waals surface area contributed by atoms with E-state index in [9.17, 15) is 4.79 Å². The topological polar surface area (TPSA) is 85.1 Å². The van der Waals surface area contributed by atoms with Crippen molar-refractivity contribution in [1.29, 1.82) is 0 Å². The van der Waals surface area contributed by atoms with Crippen LogP contribution >= 0.6 is 11.8 Å². The number of nitrogens with one attached hydrogen (secondary N) is 1. The maximum absolute atomic E-state index is 12.6. The van der Waals surface area contributed by atoms with Crippen LogP contribution in [0.5, 0.6) is 0 Å². The van der Waals surface area contributed by atoms with Gasteiger partial charge in [-0.15, -0.1) is 10.2 Å². The highest BCUT2D eigenvalue weighted by molar-refractivity contribution is 7.99. The molecule has 0 atom stereocenters. The number of fused-ring (bicyclic) bond motifs is 2. The standard InChI is InChI=1S/C22H16N6OS/c29-21(24-19-9-3-6-15-5-1-2-8-17(15)19)14-30-22-26-25-20-11-10-18(27-28(20)22)16-7-4-12-23-13-16/h1-13H,14H2,(H,24,29). The van der Waals surface area contributed by atoms with Crippen molar-refractivity contribution in [2.24, 2.45) is 0 Å². The second-order valence-corrected chi connectivity index (χ2v) is 7.52. The normalized spacial score (nSPS) is 11.1. The van der Waals surface area contributed by atoms with Crippen molar-refractivity contribution >= 4 is 39.8 Å². The van der Waals surface area contributed by atoms with E-state index in [1.165, 1.54) is 11.8 Å². The Morgan fingerprint density at radius 1 is 0.967 bits per heavy atom. The molecule has 0 aliphatic carbocycles. The number of aromatic nitrogens is 5. The molecule has 0 saturated heterocycles. The second kappa shape index (κ2) is 7.92. The fourth-order valence-corrected chi connectivity index (χ4v) is 3.87. The highest BCUT2D eigenvalue weighted by atomic mass is 32.2. The van der Waals surface area contributed by atoms with Crippen LogP contribution in [0.25, 0.3) is 27.7 Å². The van der Waals surface area contributed by atoms with Crippen LogP contribution in [0.15, 0.2) is 84.3 Å². The third-order valence-electron chi connectivity index (χ3n) is 4.59. The molecule has 30 heavy (non-hydrogen) atoms. The molecule has 0 unspecified atom stereocenters. The fraction of sp³-hybridized carbons (Fsp3) is 0.0455. The molecule has 8 heteroatoms. The zero-order valence-electron chi connectivity index (χ0n) is 15.8. The summed E-state index contributed by atoms with van der Waals surface area (Å²) in [5.74, 6) is 0.0829. The molecule has 3 heterocycles. The van der Waals surface area contributed by atoms with Gasteiger partial charge >= 0.3 is 0 Å². The molecule has 3 aromatic heterocycles. The number of carbonyl (C=O) groups excluding carboxylic acids is 1. The van der Waals surface area contributed by atoms with Crippen molar-refractivity contribution in [1.82, 2.24) is 24.8 Å². The predicted molar refractivity (Wildman–Crippen MR) is 117 cm³/mol. The van der Waals surface area contributed by atoms with E-state index in [0.29, 0.717) is 10.8 Å². The van der Waals surface area contributed by atoms with E-state index in [0.717, 1.165) is 27.7 Å². The van der Waals surface area contributed by atoms with Gasteiger partial charge in [-0.2, -0.15) is 9.61 Å². The summed E-state index contributed by atoms with van der Waals surface area (Å²) in [6.45, 7) is 0. The van der Waals surface area contributed by atoms with Gasteiger partial charge in [-0.05, 0) is 35.7 Å². The van der Waals surface area contributed by atoms with E-state index < -0.39 is 0 Å². The summed E-state index contributed by atoms with van der Waals surface area (Å²) >= 11 is 1.29. The van der Waals surface area contributed by atoms with Gasteiger partial charge < -0.3 is 5.32 Å². The van der Waals surface area contributed by atoms with Crippen molar-refractivity contribution in [3.63, 3.8) is 0 Å². The second-order valence-electron chi connectivity index (χ2n) is 6.58. The maximum atomic E-state index is 12.6. The summed E-state index contributed by atoms with van der Waals surface area (Å²) in [4.78, 5) is 16.7. The predicted octanol–water partition coefficient (Wildman–Crippen LogP) is 4.07. The fourth-order valence-electron chi connectivity index (χ4n) is 3.18. The number of carbonyl (C=O) groups is 1. The molecule has 0 saturated carbocycles. The third-order valence-corrected chi connectivity index (χ3v) is 5.51. The molecular weight excluding hydrogens is 396 g/mol. The lowest BCUT2D eigenvalue weighted by Crippen LogP contribution is -2.14. The summed E-state index contributed by atoms with van der Waals surface area (Å²) in [5, 5.41) is 18.6. The molecule has 2 aromatic carbocycles. The molecule has 7 nitrogen and oxygen atoms in total. The molecule has 0 spiro atoms. The van der Waals surface area contributed by atoms with Crippen LogP contribution in [0, 0.1) is 0 Å².